The van der Waals surface area contributed by atoms with Gasteiger partial charge in [0.15, 0.2) is 0 Å². The molecule has 1 aromatic heterocycles. The molecule has 1 heterocycles. The van der Waals surface area contributed by atoms with E-state index in [9.17, 15) is 0 Å². The molecule has 3 aromatic rings. The topological polar surface area (TPSA) is 13.1 Å². The molecule has 1 heteroatoms. The van der Waals surface area contributed by atoms with Gasteiger partial charge in [0.25, 0.3) is 0 Å². The van der Waals surface area contributed by atoms with Crippen molar-refractivity contribution in [2.45, 2.75) is 0 Å². The van der Waals surface area contributed by atoms with Crippen molar-refractivity contribution in [1.29, 1.82) is 0 Å². The average molecular weight is 272 g/mol. The minimum Gasteiger partial charge on any atom is -0.457 e. The minimum atomic E-state index is 0.853. The number of furan rings is 1. The molecule has 0 radical (unpaired) electrons. The van der Waals surface area contributed by atoms with Crippen molar-refractivity contribution in [2.24, 2.45) is 0 Å². The van der Waals surface area contributed by atoms with Gasteiger partial charge in [-0.05, 0) is 35.4 Å². The Morgan fingerprint density at radius 3 is 1.33 bits per heavy atom. The van der Waals surface area contributed by atoms with Gasteiger partial charge in [-0.1, -0.05) is 72.8 Å². The highest BCUT2D eigenvalue weighted by atomic mass is 16.3. The van der Waals surface area contributed by atoms with Gasteiger partial charge in [0.05, 0.1) is 0 Å². The zero-order valence-electron chi connectivity index (χ0n) is 11.6. The van der Waals surface area contributed by atoms with Crippen molar-refractivity contribution in [3.05, 3.63) is 95.4 Å². The Morgan fingerprint density at radius 2 is 0.905 bits per heavy atom. The largest absolute Gasteiger partial charge is 0.457 e. The molecular weight excluding hydrogens is 256 g/mol. The number of hydrogen-bond donors (Lipinski definition) is 0. The second-order valence-corrected chi connectivity index (χ2v) is 4.73. The second-order valence-electron chi connectivity index (χ2n) is 4.73. The molecule has 2 aromatic carbocycles. The number of benzene rings is 2. The van der Waals surface area contributed by atoms with Gasteiger partial charge < -0.3 is 4.42 Å². The maximum absolute atomic E-state index is 5.75. The third-order valence-corrected chi connectivity index (χ3v) is 3.13. The summed E-state index contributed by atoms with van der Waals surface area (Å²) in [5.74, 6) is 1.71. The Balaban J connectivity index is 1.69. The van der Waals surface area contributed by atoms with E-state index in [0.717, 1.165) is 22.6 Å². The summed E-state index contributed by atoms with van der Waals surface area (Å²) in [7, 11) is 0. The summed E-state index contributed by atoms with van der Waals surface area (Å²) in [5.41, 5.74) is 2.32. The minimum absolute atomic E-state index is 0.853. The molecule has 0 atom stereocenters. The summed E-state index contributed by atoms with van der Waals surface area (Å²) in [5, 5.41) is 0. The second kappa shape index (κ2) is 6.58. The molecule has 21 heavy (non-hydrogen) atoms. The van der Waals surface area contributed by atoms with Crippen molar-refractivity contribution in [3.8, 4) is 0 Å². The molecule has 0 saturated carbocycles. The molecule has 0 N–H and O–H groups in total. The van der Waals surface area contributed by atoms with Crippen molar-refractivity contribution in [1.82, 2.24) is 0 Å². The lowest BCUT2D eigenvalue weighted by Gasteiger charge is -1.91. The number of hydrogen-bond acceptors (Lipinski definition) is 1. The SMILES string of the molecule is C(=Cc1ccc(C=Cc2ccccc2)o1)c1ccccc1. The van der Waals surface area contributed by atoms with Crippen LogP contribution in [0.5, 0.6) is 0 Å². The maximum Gasteiger partial charge on any atom is 0.127 e. The Labute approximate surface area is 124 Å². The van der Waals surface area contributed by atoms with E-state index in [4.69, 9.17) is 4.42 Å². The molecule has 102 valence electrons. The lowest BCUT2D eigenvalue weighted by Crippen LogP contribution is -1.69. The zero-order chi connectivity index (χ0) is 14.3. The summed E-state index contributed by atoms with van der Waals surface area (Å²) in [4.78, 5) is 0. The van der Waals surface area contributed by atoms with E-state index in [1.54, 1.807) is 0 Å². The third-order valence-electron chi connectivity index (χ3n) is 3.13. The normalized spacial score (nSPS) is 11.4. The van der Waals surface area contributed by atoms with Crippen LogP contribution >= 0.6 is 0 Å². The van der Waals surface area contributed by atoms with Crippen molar-refractivity contribution >= 4 is 24.3 Å². The van der Waals surface area contributed by atoms with E-state index in [2.05, 4.69) is 24.3 Å². The van der Waals surface area contributed by atoms with Crippen LogP contribution < -0.4 is 0 Å². The van der Waals surface area contributed by atoms with Crippen molar-refractivity contribution < 1.29 is 4.42 Å². The molecule has 0 aliphatic heterocycles. The van der Waals surface area contributed by atoms with Crippen LogP contribution in [0.1, 0.15) is 22.6 Å². The molecular formula is C20H16O. The Hall–Kier alpha value is -2.80. The molecule has 0 spiro atoms. The van der Waals surface area contributed by atoms with Crippen LogP contribution in [-0.4, -0.2) is 0 Å². The average Bonchev–Trinajstić information content (AvgIpc) is 3.01. The molecule has 0 unspecified atom stereocenters. The van der Waals surface area contributed by atoms with Crippen LogP contribution in [0.4, 0.5) is 0 Å². The van der Waals surface area contributed by atoms with Crippen molar-refractivity contribution in [3.63, 3.8) is 0 Å². The van der Waals surface area contributed by atoms with Gasteiger partial charge >= 0.3 is 0 Å². The Bertz CT molecular complexity index is 670. The highest BCUT2D eigenvalue weighted by molar-refractivity contribution is 5.70. The molecule has 1 nitrogen and oxygen atoms in total. The van der Waals surface area contributed by atoms with Crippen LogP contribution in [0.25, 0.3) is 24.3 Å². The van der Waals surface area contributed by atoms with Crippen LogP contribution in [0, 0.1) is 0 Å². The van der Waals surface area contributed by atoms with Gasteiger partial charge in [-0.15, -0.1) is 0 Å². The first-order valence-electron chi connectivity index (χ1n) is 6.96. The smallest absolute Gasteiger partial charge is 0.127 e. The van der Waals surface area contributed by atoms with E-state index in [0.29, 0.717) is 0 Å². The Morgan fingerprint density at radius 1 is 0.476 bits per heavy atom. The third kappa shape index (κ3) is 3.83. The van der Waals surface area contributed by atoms with Gasteiger partial charge in [0, 0.05) is 0 Å². The lowest BCUT2D eigenvalue weighted by atomic mass is 10.2. The van der Waals surface area contributed by atoms with Crippen LogP contribution in [0.2, 0.25) is 0 Å². The fourth-order valence-electron chi connectivity index (χ4n) is 2.03. The molecule has 0 amide bonds. The summed E-state index contributed by atoms with van der Waals surface area (Å²) < 4.78 is 5.75. The van der Waals surface area contributed by atoms with E-state index in [1.807, 2.05) is 72.8 Å². The van der Waals surface area contributed by atoms with E-state index in [-0.39, 0.29) is 0 Å². The van der Waals surface area contributed by atoms with E-state index < -0.39 is 0 Å². The standard InChI is InChI=1S/C20H16O/c1-3-7-17(8-4-1)11-13-19-15-16-20(21-19)14-12-18-9-5-2-6-10-18/h1-16H. The van der Waals surface area contributed by atoms with Gasteiger partial charge in [-0.2, -0.15) is 0 Å². The van der Waals surface area contributed by atoms with Crippen LogP contribution in [0.15, 0.2) is 77.2 Å². The highest BCUT2D eigenvalue weighted by Gasteiger charge is 1.95. The predicted molar refractivity (Wildman–Crippen MR) is 89.4 cm³/mol. The van der Waals surface area contributed by atoms with Gasteiger partial charge in [-0.3, -0.25) is 0 Å². The highest BCUT2D eigenvalue weighted by Crippen LogP contribution is 2.15. The monoisotopic (exact) mass is 272 g/mol. The summed E-state index contributed by atoms with van der Waals surface area (Å²) >= 11 is 0. The molecule has 0 fully saturated rings. The quantitative estimate of drug-likeness (QED) is 0.600. The van der Waals surface area contributed by atoms with E-state index >= 15 is 0 Å². The van der Waals surface area contributed by atoms with E-state index in [1.165, 1.54) is 0 Å². The van der Waals surface area contributed by atoms with Gasteiger partial charge in [0.2, 0.25) is 0 Å². The fourth-order valence-corrected chi connectivity index (χ4v) is 2.03. The lowest BCUT2D eigenvalue weighted by molar-refractivity contribution is 0.547. The Kier molecular flexibility index (Phi) is 4.13. The van der Waals surface area contributed by atoms with Crippen molar-refractivity contribution in [2.75, 3.05) is 0 Å². The first-order chi connectivity index (χ1) is 10.4. The van der Waals surface area contributed by atoms with Crippen LogP contribution in [-0.2, 0) is 0 Å². The zero-order valence-corrected chi connectivity index (χ0v) is 11.6. The van der Waals surface area contributed by atoms with Crippen LogP contribution in [0.3, 0.4) is 0 Å². The first-order valence-corrected chi connectivity index (χ1v) is 6.96. The maximum atomic E-state index is 5.75. The number of rotatable bonds is 4. The molecule has 0 bridgehead atoms. The predicted octanol–water partition coefficient (Wildman–Crippen LogP) is 5.62. The fraction of sp³-hybridized carbons (Fsp3) is 0. The summed E-state index contributed by atoms with van der Waals surface area (Å²) in [6, 6.07) is 24.3. The molecule has 0 aliphatic carbocycles. The van der Waals surface area contributed by atoms with Gasteiger partial charge in [-0.25, -0.2) is 0 Å². The molecule has 3 rings (SSSR count). The van der Waals surface area contributed by atoms with Gasteiger partial charge in [0.1, 0.15) is 11.5 Å². The molecule has 0 aliphatic rings. The summed E-state index contributed by atoms with van der Waals surface area (Å²) in [6.07, 6.45) is 8.05. The first kappa shape index (κ1) is 13.2. The molecule has 0 saturated heterocycles. The summed E-state index contributed by atoms with van der Waals surface area (Å²) in [6.45, 7) is 0.